The molecule has 0 saturated carbocycles. The van der Waals surface area contributed by atoms with Gasteiger partial charge in [-0.1, -0.05) is 37.6 Å². The zero-order valence-corrected chi connectivity index (χ0v) is 11.9. The summed E-state index contributed by atoms with van der Waals surface area (Å²) in [6.07, 6.45) is -0.175. The fourth-order valence-corrected chi connectivity index (χ4v) is 1.92. The van der Waals surface area contributed by atoms with Crippen LogP contribution in [0.3, 0.4) is 0 Å². The third-order valence-corrected chi connectivity index (χ3v) is 3.15. The molecule has 104 valence electrons. The first-order chi connectivity index (χ1) is 8.72. The molecule has 0 aliphatic carbocycles. The van der Waals surface area contributed by atoms with Gasteiger partial charge in [-0.15, -0.1) is 0 Å². The molecule has 19 heavy (non-hydrogen) atoms. The molecule has 2 N–H and O–H groups in total. The second-order valence-corrected chi connectivity index (χ2v) is 5.57. The minimum Gasteiger partial charge on any atom is -0.481 e. The first-order valence-corrected chi connectivity index (χ1v) is 6.28. The predicted octanol–water partition coefficient (Wildman–Crippen LogP) is 2.42. The smallest absolute Gasteiger partial charge is 0.304 e. The highest BCUT2D eigenvalue weighted by molar-refractivity contribution is 5.86. The second kappa shape index (κ2) is 5.87. The Kier molecular flexibility index (Phi) is 4.70. The standard InChI is InChI=1S/C15H21NO3/c1-10-5-6-12(11(2)7-10)9-16-14(19)15(3,4)8-13(17)18/h5-7H,8-9H2,1-4H3,(H,16,19)(H,17,18). The number of carboxylic acids is 1. The normalized spacial score (nSPS) is 11.2. The number of aryl methyl sites for hydroxylation is 2. The number of rotatable bonds is 5. The number of hydrogen-bond acceptors (Lipinski definition) is 2. The summed E-state index contributed by atoms with van der Waals surface area (Å²) in [5.41, 5.74) is 2.45. The molecule has 0 aliphatic heterocycles. The van der Waals surface area contributed by atoms with E-state index in [1.165, 1.54) is 5.56 Å². The largest absolute Gasteiger partial charge is 0.481 e. The van der Waals surface area contributed by atoms with Gasteiger partial charge in [0.25, 0.3) is 0 Å². The Morgan fingerprint density at radius 1 is 1.26 bits per heavy atom. The molecule has 0 spiro atoms. The van der Waals surface area contributed by atoms with Gasteiger partial charge in [-0.25, -0.2) is 0 Å². The summed E-state index contributed by atoms with van der Waals surface area (Å²) in [7, 11) is 0. The van der Waals surface area contributed by atoms with Gasteiger partial charge in [0.1, 0.15) is 0 Å². The van der Waals surface area contributed by atoms with Crippen molar-refractivity contribution in [1.82, 2.24) is 5.32 Å². The number of carboxylic acid groups (broad SMARTS) is 1. The summed E-state index contributed by atoms with van der Waals surface area (Å²) < 4.78 is 0. The van der Waals surface area contributed by atoms with Crippen LogP contribution in [0.5, 0.6) is 0 Å². The van der Waals surface area contributed by atoms with Gasteiger partial charge in [0.15, 0.2) is 0 Å². The summed E-state index contributed by atoms with van der Waals surface area (Å²) in [6.45, 7) is 7.72. The summed E-state index contributed by atoms with van der Waals surface area (Å²) in [5, 5.41) is 11.6. The average molecular weight is 263 g/mol. The molecular weight excluding hydrogens is 242 g/mol. The second-order valence-electron chi connectivity index (χ2n) is 5.57. The zero-order chi connectivity index (χ0) is 14.6. The molecule has 0 atom stereocenters. The SMILES string of the molecule is Cc1ccc(CNC(=O)C(C)(C)CC(=O)O)c(C)c1. The summed E-state index contributed by atoms with van der Waals surface area (Å²) >= 11 is 0. The number of carbonyl (C=O) groups is 2. The number of aliphatic carboxylic acids is 1. The van der Waals surface area contributed by atoms with E-state index in [0.29, 0.717) is 6.54 Å². The summed E-state index contributed by atoms with van der Waals surface area (Å²) in [6, 6.07) is 6.04. The molecule has 0 heterocycles. The van der Waals surface area contributed by atoms with E-state index in [4.69, 9.17) is 5.11 Å². The van der Waals surface area contributed by atoms with Crippen molar-refractivity contribution in [1.29, 1.82) is 0 Å². The molecule has 0 aromatic heterocycles. The topological polar surface area (TPSA) is 66.4 Å². The summed E-state index contributed by atoms with van der Waals surface area (Å²) in [4.78, 5) is 22.7. The number of carbonyl (C=O) groups excluding carboxylic acids is 1. The van der Waals surface area contributed by atoms with Crippen molar-refractivity contribution in [3.05, 3.63) is 34.9 Å². The lowest BCUT2D eigenvalue weighted by atomic mass is 9.88. The van der Waals surface area contributed by atoms with Crippen molar-refractivity contribution >= 4 is 11.9 Å². The van der Waals surface area contributed by atoms with Crippen LogP contribution in [0.2, 0.25) is 0 Å². The quantitative estimate of drug-likeness (QED) is 0.857. The molecular formula is C15H21NO3. The first-order valence-electron chi connectivity index (χ1n) is 6.28. The van der Waals surface area contributed by atoms with Crippen LogP contribution < -0.4 is 5.32 Å². The van der Waals surface area contributed by atoms with Gasteiger partial charge in [0.05, 0.1) is 11.8 Å². The third kappa shape index (κ3) is 4.39. The molecule has 4 nitrogen and oxygen atoms in total. The van der Waals surface area contributed by atoms with E-state index in [2.05, 4.69) is 11.4 Å². The van der Waals surface area contributed by atoms with Crippen LogP contribution in [0.25, 0.3) is 0 Å². The fourth-order valence-electron chi connectivity index (χ4n) is 1.92. The van der Waals surface area contributed by atoms with Crippen LogP contribution in [0, 0.1) is 19.3 Å². The highest BCUT2D eigenvalue weighted by atomic mass is 16.4. The molecule has 1 aromatic carbocycles. The van der Waals surface area contributed by atoms with Crippen molar-refractivity contribution < 1.29 is 14.7 Å². The average Bonchev–Trinajstić information content (AvgIpc) is 2.25. The summed E-state index contributed by atoms with van der Waals surface area (Å²) in [5.74, 6) is -1.21. The molecule has 0 radical (unpaired) electrons. The van der Waals surface area contributed by atoms with Gasteiger partial charge in [-0.2, -0.15) is 0 Å². The van der Waals surface area contributed by atoms with Gasteiger partial charge >= 0.3 is 5.97 Å². The minimum absolute atomic E-state index is 0.175. The van der Waals surface area contributed by atoms with Crippen molar-refractivity contribution in [3.8, 4) is 0 Å². The highest BCUT2D eigenvalue weighted by Crippen LogP contribution is 2.20. The molecule has 0 unspecified atom stereocenters. The number of nitrogens with one attached hydrogen (secondary N) is 1. The molecule has 0 aliphatic rings. The molecule has 1 aromatic rings. The molecule has 0 fully saturated rings. The van der Waals surface area contributed by atoms with E-state index in [9.17, 15) is 9.59 Å². The van der Waals surface area contributed by atoms with Crippen molar-refractivity contribution in [2.75, 3.05) is 0 Å². The Morgan fingerprint density at radius 3 is 2.42 bits per heavy atom. The zero-order valence-electron chi connectivity index (χ0n) is 11.9. The predicted molar refractivity (Wildman–Crippen MR) is 73.8 cm³/mol. The van der Waals surface area contributed by atoms with Crippen molar-refractivity contribution in [3.63, 3.8) is 0 Å². The molecule has 1 amide bonds. The first kappa shape index (κ1) is 15.2. The van der Waals surface area contributed by atoms with Gasteiger partial charge in [0.2, 0.25) is 5.91 Å². The van der Waals surface area contributed by atoms with E-state index < -0.39 is 11.4 Å². The monoisotopic (exact) mass is 263 g/mol. The fraction of sp³-hybridized carbons (Fsp3) is 0.467. The molecule has 0 bridgehead atoms. The van der Waals surface area contributed by atoms with E-state index in [-0.39, 0.29) is 12.3 Å². The lowest BCUT2D eigenvalue weighted by molar-refractivity contribution is -0.144. The number of amides is 1. The lowest BCUT2D eigenvalue weighted by Gasteiger charge is -2.21. The van der Waals surface area contributed by atoms with Crippen molar-refractivity contribution in [2.45, 2.75) is 40.7 Å². The van der Waals surface area contributed by atoms with Crippen LogP contribution in [0.1, 0.15) is 37.0 Å². The van der Waals surface area contributed by atoms with Crippen LogP contribution in [-0.4, -0.2) is 17.0 Å². The van der Waals surface area contributed by atoms with Crippen LogP contribution in [0.4, 0.5) is 0 Å². The highest BCUT2D eigenvalue weighted by Gasteiger charge is 2.30. The Balaban J connectivity index is 2.66. The van der Waals surface area contributed by atoms with E-state index in [0.717, 1.165) is 11.1 Å². The van der Waals surface area contributed by atoms with Crippen LogP contribution in [0.15, 0.2) is 18.2 Å². The maximum absolute atomic E-state index is 12.0. The molecule has 4 heteroatoms. The number of benzene rings is 1. The number of hydrogen-bond donors (Lipinski definition) is 2. The Morgan fingerprint density at radius 2 is 1.89 bits per heavy atom. The van der Waals surface area contributed by atoms with E-state index in [1.54, 1.807) is 13.8 Å². The Hall–Kier alpha value is -1.84. The van der Waals surface area contributed by atoms with Gasteiger partial charge < -0.3 is 10.4 Å². The van der Waals surface area contributed by atoms with E-state index >= 15 is 0 Å². The van der Waals surface area contributed by atoms with Gasteiger partial charge in [0, 0.05) is 6.54 Å². The molecule has 0 saturated heterocycles. The maximum Gasteiger partial charge on any atom is 0.304 e. The Labute approximate surface area is 113 Å². The molecule has 1 rings (SSSR count). The Bertz CT molecular complexity index is 492. The van der Waals surface area contributed by atoms with Gasteiger partial charge in [-0.3, -0.25) is 9.59 Å². The van der Waals surface area contributed by atoms with Gasteiger partial charge in [-0.05, 0) is 25.0 Å². The third-order valence-electron chi connectivity index (χ3n) is 3.15. The lowest BCUT2D eigenvalue weighted by Crippen LogP contribution is -2.38. The maximum atomic E-state index is 12.0. The van der Waals surface area contributed by atoms with Crippen molar-refractivity contribution in [2.24, 2.45) is 5.41 Å². The van der Waals surface area contributed by atoms with Crippen LogP contribution in [-0.2, 0) is 16.1 Å². The minimum atomic E-state index is -0.966. The van der Waals surface area contributed by atoms with Crippen LogP contribution >= 0.6 is 0 Å². The van der Waals surface area contributed by atoms with E-state index in [1.807, 2.05) is 26.0 Å².